The van der Waals surface area contributed by atoms with E-state index in [1.54, 1.807) is 0 Å². The lowest BCUT2D eigenvalue weighted by Crippen LogP contribution is -2.21. The predicted molar refractivity (Wildman–Crippen MR) is 75.8 cm³/mol. The van der Waals surface area contributed by atoms with Crippen LogP contribution in [-0.2, 0) is 9.84 Å². The Morgan fingerprint density at radius 2 is 2.05 bits per heavy atom. The molecule has 3 nitrogen and oxygen atoms in total. The molecule has 1 aromatic rings. The van der Waals surface area contributed by atoms with Gasteiger partial charge in [0, 0.05) is 6.04 Å². The minimum absolute atomic E-state index is 0.0609. The van der Waals surface area contributed by atoms with E-state index in [4.69, 9.17) is 11.6 Å². The zero-order chi connectivity index (χ0) is 14.5. The second-order valence-electron chi connectivity index (χ2n) is 4.58. The van der Waals surface area contributed by atoms with Crippen LogP contribution in [0.25, 0.3) is 0 Å². The van der Waals surface area contributed by atoms with Crippen LogP contribution in [0, 0.1) is 5.82 Å². The summed E-state index contributed by atoms with van der Waals surface area (Å²) < 4.78 is 37.0. The molecule has 0 bridgehead atoms. The smallest absolute Gasteiger partial charge is 0.178 e. The van der Waals surface area contributed by atoms with E-state index in [0.29, 0.717) is 12.5 Å². The van der Waals surface area contributed by atoms with Gasteiger partial charge in [-0.15, -0.1) is 0 Å². The van der Waals surface area contributed by atoms with E-state index in [1.807, 2.05) is 14.0 Å². The van der Waals surface area contributed by atoms with Crippen LogP contribution in [-0.4, -0.2) is 27.3 Å². The summed E-state index contributed by atoms with van der Waals surface area (Å²) >= 11 is 5.59. The van der Waals surface area contributed by atoms with Crippen molar-refractivity contribution in [3.05, 3.63) is 29.0 Å². The summed E-state index contributed by atoms with van der Waals surface area (Å²) in [7, 11) is -1.50. The fraction of sp³-hybridized carbons (Fsp3) is 0.538. The largest absolute Gasteiger partial charge is 0.317 e. The third-order valence-electron chi connectivity index (χ3n) is 3.04. The number of hydrogen-bond acceptors (Lipinski definition) is 3. The van der Waals surface area contributed by atoms with E-state index >= 15 is 0 Å². The topological polar surface area (TPSA) is 46.2 Å². The van der Waals surface area contributed by atoms with Crippen molar-refractivity contribution in [3.63, 3.8) is 0 Å². The first-order valence-electron chi connectivity index (χ1n) is 6.22. The molecular weight excluding hydrogens is 289 g/mol. The molecule has 0 aliphatic heterocycles. The molecule has 0 aliphatic rings. The van der Waals surface area contributed by atoms with Crippen molar-refractivity contribution >= 4 is 21.4 Å². The van der Waals surface area contributed by atoms with E-state index in [0.717, 1.165) is 18.9 Å². The highest BCUT2D eigenvalue weighted by molar-refractivity contribution is 7.91. The minimum atomic E-state index is -3.38. The van der Waals surface area contributed by atoms with Gasteiger partial charge in [0.2, 0.25) is 0 Å². The monoisotopic (exact) mass is 307 g/mol. The van der Waals surface area contributed by atoms with Gasteiger partial charge in [0.05, 0.1) is 15.7 Å². The van der Waals surface area contributed by atoms with Gasteiger partial charge in [-0.05, 0) is 45.0 Å². The summed E-state index contributed by atoms with van der Waals surface area (Å²) in [5.41, 5.74) is 0. The van der Waals surface area contributed by atoms with Gasteiger partial charge in [-0.2, -0.15) is 0 Å². The van der Waals surface area contributed by atoms with Gasteiger partial charge < -0.3 is 5.32 Å². The Morgan fingerprint density at radius 3 is 2.63 bits per heavy atom. The molecule has 6 heteroatoms. The third-order valence-corrected chi connectivity index (χ3v) is 5.13. The van der Waals surface area contributed by atoms with Crippen molar-refractivity contribution in [2.45, 2.75) is 37.1 Å². The average Bonchev–Trinajstić information content (AvgIpc) is 2.37. The SMILES string of the molecule is CNC(C)CCCCS(=O)(=O)c1ccc(F)c(Cl)c1. The molecule has 1 aromatic carbocycles. The summed E-state index contributed by atoms with van der Waals surface area (Å²) in [6, 6.07) is 3.89. The molecule has 0 saturated carbocycles. The average molecular weight is 308 g/mol. The van der Waals surface area contributed by atoms with Gasteiger partial charge in [0.1, 0.15) is 5.82 Å². The lowest BCUT2D eigenvalue weighted by molar-refractivity contribution is 0.533. The van der Waals surface area contributed by atoms with Crippen molar-refractivity contribution in [2.75, 3.05) is 12.8 Å². The van der Waals surface area contributed by atoms with Gasteiger partial charge in [-0.1, -0.05) is 18.0 Å². The van der Waals surface area contributed by atoms with E-state index in [2.05, 4.69) is 5.32 Å². The molecule has 0 aliphatic carbocycles. The highest BCUT2D eigenvalue weighted by atomic mass is 35.5. The third kappa shape index (κ3) is 5.09. The number of sulfone groups is 1. The van der Waals surface area contributed by atoms with Crippen molar-refractivity contribution in [3.8, 4) is 0 Å². The van der Waals surface area contributed by atoms with Crippen molar-refractivity contribution in [2.24, 2.45) is 0 Å². The molecule has 0 saturated heterocycles. The maximum Gasteiger partial charge on any atom is 0.178 e. The zero-order valence-corrected chi connectivity index (χ0v) is 12.7. The first-order valence-corrected chi connectivity index (χ1v) is 8.25. The number of nitrogens with one attached hydrogen (secondary N) is 1. The molecule has 19 heavy (non-hydrogen) atoms. The number of benzene rings is 1. The number of rotatable bonds is 7. The van der Waals surface area contributed by atoms with Gasteiger partial charge >= 0.3 is 0 Å². The molecule has 0 heterocycles. The molecular formula is C13H19ClFNO2S. The molecule has 0 aromatic heterocycles. The highest BCUT2D eigenvalue weighted by Gasteiger charge is 2.15. The fourth-order valence-corrected chi connectivity index (χ4v) is 3.31. The molecule has 0 radical (unpaired) electrons. The van der Waals surface area contributed by atoms with E-state index in [9.17, 15) is 12.8 Å². The predicted octanol–water partition coefficient (Wildman–Crippen LogP) is 3.03. The number of hydrogen-bond donors (Lipinski definition) is 1. The standard InChI is InChI=1S/C13H19ClFNO2S/c1-10(16-2)5-3-4-8-19(17,18)11-6-7-13(15)12(14)9-11/h6-7,9-10,16H,3-5,8H2,1-2H3. The van der Waals surface area contributed by atoms with Crippen LogP contribution in [0.4, 0.5) is 4.39 Å². The summed E-state index contributed by atoms with van der Waals surface area (Å²) in [6.07, 6.45) is 2.34. The maximum atomic E-state index is 13.0. The van der Waals surface area contributed by atoms with E-state index in [-0.39, 0.29) is 15.7 Å². The maximum absolute atomic E-state index is 13.0. The first kappa shape index (κ1) is 16.4. The normalized spacial score (nSPS) is 13.5. The molecule has 0 spiro atoms. The van der Waals surface area contributed by atoms with Crippen molar-refractivity contribution in [1.29, 1.82) is 0 Å². The van der Waals surface area contributed by atoms with Gasteiger partial charge in [-0.25, -0.2) is 12.8 Å². The van der Waals surface area contributed by atoms with Crippen LogP contribution in [0.3, 0.4) is 0 Å². The molecule has 0 fully saturated rings. The quantitative estimate of drug-likeness (QED) is 0.622. The molecule has 1 atom stereocenters. The Kier molecular flexibility index (Phi) is 6.23. The Labute approximate surface area is 119 Å². The van der Waals surface area contributed by atoms with Gasteiger partial charge in [0.25, 0.3) is 0 Å². The van der Waals surface area contributed by atoms with Gasteiger partial charge in [0.15, 0.2) is 9.84 Å². The molecule has 0 amide bonds. The van der Waals surface area contributed by atoms with Crippen LogP contribution >= 0.6 is 11.6 Å². The van der Waals surface area contributed by atoms with Crippen molar-refractivity contribution < 1.29 is 12.8 Å². The Bertz CT molecular complexity index is 519. The zero-order valence-electron chi connectivity index (χ0n) is 11.1. The molecule has 1 rings (SSSR count). The fourth-order valence-electron chi connectivity index (χ4n) is 1.68. The van der Waals surface area contributed by atoms with Crippen LogP contribution in [0.1, 0.15) is 26.2 Å². The minimum Gasteiger partial charge on any atom is -0.317 e. The summed E-state index contributed by atoms with van der Waals surface area (Å²) in [4.78, 5) is 0.0839. The Morgan fingerprint density at radius 1 is 1.37 bits per heavy atom. The Hall–Kier alpha value is -0.650. The van der Waals surface area contributed by atoms with Crippen LogP contribution in [0.2, 0.25) is 5.02 Å². The van der Waals surface area contributed by atoms with Crippen LogP contribution in [0.5, 0.6) is 0 Å². The summed E-state index contributed by atoms with van der Waals surface area (Å²) in [5, 5.41) is 2.94. The second kappa shape index (κ2) is 7.22. The van der Waals surface area contributed by atoms with E-state index < -0.39 is 15.7 Å². The molecule has 108 valence electrons. The molecule has 1 N–H and O–H groups in total. The van der Waals surface area contributed by atoms with Crippen LogP contribution < -0.4 is 5.32 Å². The highest BCUT2D eigenvalue weighted by Crippen LogP contribution is 2.21. The lowest BCUT2D eigenvalue weighted by atomic mass is 10.1. The number of unbranched alkanes of at least 4 members (excludes halogenated alkanes) is 1. The molecule has 1 unspecified atom stereocenters. The Balaban J connectivity index is 2.58. The summed E-state index contributed by atoms with van der Waals surface area (Å²) in [5.74, 6) is -0.547. The van der Waals surface area contributed by atoms with Crippen LogP contribution in [0.15, 0.2) is 23.1 Å². The first-order chi connectivity index (χ1) is 8.86. The lowest BCUT2D eigenvalue weighted by Gasteiger charge is -2.09. The van der Waals surface area contributed by atoms with Gasteiger partial charge in [-0.3, -0.25) is 0 Å². The second-order valence-corrected chi connectivity index (χ2v) is 7.10. The van der Waals surface area contributed by atoms with Crippen molar-refractivity contribution in [1.82, 2.24) is 5.32 Å². The summed E-state index contributed by atoms with van der Waals surface area (Å²) in [6.45, 7) is 2.05. The van der Waals surface area contributed by atoms with E-state index in [1.165, 1.54) is 12.1 Å². The number of halogens is 2.